The third-order valence-corrected chi connectivity index (χ3v) is 2.39. The summed E-state index contributed by atoms with van der Waals surface area (Å²) in [5.41, 5.74) is 0.657. The van der Waals surface area contributed by atoms with E-state index in [1.54, 1.807) is 25.3 Å². The van der Waals surface area contributed by atoms with Crippen LogP contribution in [-0.2, 0) is 0 Å². The number of methoxy groups -OCH3 is 1. The lowest BCUT2D eigenvalue weighted by molar-refractivity contribution is 0.0848. The number of fused-ring (bicyclic) bond motifs is 1. The predicted octanol–water partition coefficient (Wildman–Crippen LogP) is 1.91. The molecule has 0 amide bonds. The Bertz CT molecular complexity index is 371. The molecule has 0 saturated heterocycles. The molecule has 0 fully saturated rings. The summed E-state index contributed by atoms with van der Waals surface area (Å²) in [4.78, 5) is 11.7. The van der Waals surface area contributed by atoms with Crippen molar-refractivity contribution in [2.24, 2.45) is 5.92 Å². The zero-order valence-corrected chi connectivity index (χ0v) is 8.24. The Hall–Kier alpha value is -1.51. The number of hydrogen-bond acceptors (Lipinski definition) is 3. The highest BCUT2D eigenvalue weighted by Crippen LogP contribution is 2.30. The van der Waals surface area contributed by atoms with E-state index < -0.39 is 0 Å². The quantitative estimate of drug-likeness (QED) is 0.681. The van der Waals surface area contributed by atoms with E-state index in [4.69, 9.17) is 9.47 Å². The molecule has 1 heterocycles. The van der Waals surface area contributed by atoms with Crippen LogP contribution in [0.15, 0.2) is 18.2 Å². The topological polar surface area (TPSA) is 35.5 Å². The lowest BCUT2D eigenvalue weighted by Gasteiger charge is -2.21. The molecule has 0 aromatic heterocycles. The molecule has 2 rings (SSSR count). The van der Waals surface area contributed by atoms with Gasteiger partial charge in [0.15, 0.2) is 5.78 Å². The molecule has 1 aromatic carbocycles. The van der Waals surface area contributed by atoms with E-state index in [0.717, 1.165) is 0 Å². The van der Waals surface area contributed by atoms with E-state index in [1.165, 1.54) is 0 Å². The number of ketones is 1. The summed E-state index contributed by atoms with van der Waals surface area (Å²) in [6.07, 6.45) is 0. The molecule has 0 radical (unpaired) electrons. The first-order valence-corrected chi connectivity index (χ1v) is 4.57. The second-order valence-corrected chi connectivity index (χ2v) is 3.44. The molecule has 1 aromatic rings. The molecule has 3 nitrogen and oxygen atoms in total. The Morgan fingerprint density at radius 2 is 2.29 bits per heavy atom. The summed E-state index contributed by atoms with van der Waals surface area (Å²) in [6.45, 7) is 2.33. The van der Waals surface area contributed by atoms with Gasteiger partial charge in [0.25, 0.3) is 0 Å². The summed E-state index contributed by atoms with van der Waals surface area (Å²) in [6, 6.07) is 5.28. The van der Waals surface area contributed by atoms with Crippen molar-refractivity contribution < 1.29 is 14.3 Å². The minimum Gasteiger partial charge on any atom is -0.497 e. The third-order valence-electron chi connectivity index (χ3n) is 2.39. The van der Waals surface area contributed by atoms with Crippen LogP contribution >= 0.6 is 0 Å². The summed E-state index contributed by atoms with van der Waals surface area (Å²) in [7, 11) is 1.59. The highest BCUT2D eigenvalue weighted by Gasteiger charge is 2.25. The van der Waals surface area contributed by atoms with Crippen LogP contribution in [0.2, 0.25) is 0 Å². The summed E-state index contributed by atoms with van der Waals surface area (Å²) < 4.78 is 10.5. The van der Waals surface area contributed by atoms with Gasteiger partial charge in [-0.25, -0.2) is 0 Å². The van der Waals surface area contributed by atoms with Crippen LogP contribution in [0.1, 0.15) is 17.3 Å². The van der Waals surface area contributed by atoms with Crippen molar-refractivity contribution in [3.05, 3.63) is 23.8 Å². The van der Waals surface area contributed by atoms with Gasteiger partial charge >= 0.3 is 0 Å². The molecular formula is C11H12O3. The van der Waals surface area contributed by atoms with Gasteiger partial charge in [-0.1, -0.05) is 6.92 Å². The number of carbonyl (C=O) groups excluding carboxylic acids is 1. The smallest absolute Gasteiger partial charge is 0.172 e. The molecule has 14 heavy (non-hydrogen) atoms. The standard InChI is InChI=1S/C11H12O3/c1-7-6-14-10-5-8(13-2)3-4-9(10)11(7)12/h3-5,7H,6H2,1-2H3. The summed E-state index contributed by atoms with van der Waals surface area (Å²) >= 11 is 0. The first kappa shape index (κ1) is 9.06. The highest BCUT2D eigenvalue weighted by atomic mass is 16.5. The Morgan fingerprint density at radius 3 is 3.00 bits per heavy atom. The first-order chi connectivity index (χ1) is 6.72. The fourth-order valence-electron chi connectivity index (χ4n) is 1.51. The number of carbonyl (C=O) groups is 1. The minimum atomic E-state index is -0.0455. The van der Waals surface area contributed by atoms with Crippen molar-refractivity contribution in [1.82, 2.24) is 0 Å². The van der Waals surface area contributed by atoms with Crippen molar-refractivity contribution in [2.75, 3.05) is 13.7 Å². The van der Waals surface area contributed by atoms with Gasteiger partial charge in [0, 0.05) is 6.07 Å². The van der Waals surface area contributed by atoms with E-state index in [2.05, 4.69) is 0 Å². The van der Waals surface area contributed by atoms with Crippen molar-refractivity contribution >= 4 is 5.78 Å². The average Bonchev–Trinajstić information content (AvgIpc) is 2.23. The van der Waals surface area contributed by atoms with Gasteiger partial charge in [-0.15, -0.1) is 0 Å². The predicted molar refractivity (Wildman–Crippen MR) is 52.0 cm³/mol. The van der Waals surface area contributed by atoms with Crippen LogP contribution in [-0.4, -0.2) is 19.5 Å². The minimum absolute atomic E-state index is 0.0455. The molecule has 1 unspecified atom stereocenters. The molecule has 0 bridgehead atoms. The SMILES string of the molecule is COc1ccc2c(c1)OCC(C)C2=O. The Labute approximate surface area is 82.6 Å². The van der Waals surface area contributed by atoms with Gasteiger partial charge in [-0.2, -0.15) is 0 Å². The second-order valence-electron chi connectivity index (χ2n) is 3.44. The number of Topliss-reactive ketones (excluding diaryl/α,β-unsaturated/α-hetero) is 1. The summed E-state index contributed by atoms with van der Waals surface area (Å²) in [5, 5.41) is 0. The van der Waals surface area contributed by atoms with Gasteiger partial charge in [0.1, 0.15) is 11.5 Å². The van der Waals surface area contributed by atoms with Crippen molar-refractivity contribution in [3.63, 3.8) is 0 Å². The van der Waals surface area contributed by atoms with Crippen LogP contribution in [0.3, 0.4) is 0 Å². The van der Waals surface area contributed by atoms with Crippen molar-refractivity contribution in [2.45, 2.75) is 6.92 Å². The molecule has 0 aliphatic carbocycles. The van der Waals surface area contributed by atoms with Crippen molar-refractivity contribution in [3.8, 4) is 11.5 Å². The van der Waals surface area contributed by atoms with Gasteiger partial charge in [0.2, 0.25) is 0 Å². The van der Waals surface area contributed by atoms with Gasteiger partial charge < -0.3 is 9.47 Å². The molecule has 3 heteroatoms. The lowest BCUT2D eigenvalue weighted by atomic mass is 9.97. The van der Waals surface area contributed by atoms with Crippen LogP contribution < -0.4 is 9.47 Å². The van der Waals surface area contributed by atoms with E-state index in [0.29, 0.717) is 23.7 Å². The van der Waals surface area contributed by atoms with E-state index in [-0.39, 0.29) is 11.7 Å². The number of benzene rings is 1. The fourth-order valence-corrected chi connectivity index (χ4v) is 1.51. The van der Waals surface area contributed by atoms with Crippen molar-refractivity contribution in [1.29, 1.82) is 0 Å². The molecule has 1 aliphatic rings. The van der Waals surface area contributed by atoms with Gasteiger partial charge in [-0.05, 0) is 12.1 Å². The van der Waals surface area contributed by atoms with Crippen LogP contribution in [0.4, 0.5) is 0 Å². The number of rotatable bonds is 1. The molecule has 74 valence electrons. The third kappa shape index (κ3) is 1.35. The molecular weight excluding hydrogens is 180 g/mol. The monoisotopic (exact) mass is 192 g/mol. The molecule has 0 N–H and O–H groups in total. The van der Waals surface area contributed by atoms with E-state index in [1.807, 2.05) is 6.92 Å². The Balaban J connectivity index is 2.44. The largest absolute Gasteiger partial charge is 0.497 e. The summed E-state index contributed by atoms with van der Waals surface area (Å²) in [5.74, 6) is 1.45. The second kappa shape index (κ2) is 3.33. The van der Waals surface area contributed by atoms with Crippen LogP contribution in [0.25, 0.3) is 0 Å². The zero-order chi connectivity index (χ0) is 10.1. The number of hydrogen-bond donors (Lipinski definition) is 0. The molecule has 1 aliphatic heterocycles. The fraction of sp³-hybridized carbons (Fsp3) is 0.364. The Kier molecular flexibility index (Phi) is 2.15. The van der Waals surface area contributed by atoms with E-state index >= 15 is 0 Å². The van der Waals surface area contributed by atoms with Crippen LogP contribution in [0, 0.1) is 5.92 Å². The first-order valence-electron chi connectivity index (χ1n) is 4.57. The molecule has 0 saturated carbocycles. The lowest BCUT2D eigenvalue weighted by Crippen LogP contribution is -2.25. The van der Waals surface area contributed by atoms with Gasteiger partial charge in [0.05, 0.1) is 25.2 Å². The zero-order valence-electron chi connectivity index (χ0n) is 8.24. The molecule has 1 atom stereocenters. The average molecular weight is 192 g/mol. The van der Waals surface area contributed by atoms with Gasteiger partial charge in [-0.3, -0.25) is 4.79 Å². The Morgan fingerprint density at radius 1 is 1.50 bits per heavy atom. The maximum absolute atomic E-state index is 11.7. The van der Waals surface area contributed by atoms with E-state index in [9.17, 15) is 4.79 Å². The highest BCUT2D eigenvalue weighted by molar-refractivity contribution is 6.01. The normalized spacial score (nSPS) is 19.9. The maximum Gasteiger partial charge on any atom is 0.172 e. The molecule has 0 spiro atoms. The number of ether oxygens (including phenoxy) is 2. The maximum atomic E-state index is 11.7. The van der Waals surface area contributed by atoms with Crippen LogP contribution in [0.5, 0.6) is 11.5 Å².